The molecular formula is C36H57O3P. The van der Waals surface area contributed by atoms with E-state index in [9.17, 15) is 0 Å². The highest BCUT2D eigenvalue weighted by atomic mass is 31.1. The number of hydrogen-bond donors (Lipinski definition) is 0. The van der Waals surface area contributed by atoms with Gasteiger partial charge >= 0.3 is 8.24 Å². The Hall–Kier alpha value is -1.70. The van der Waals surface area contributed by atoms with E-state index in [0.717, 1.165) is 41.2 Å². The summed E-state index contributed by atoms with van der Waals surface area (Å²) < 4.78 is 20.6. The van der Waals surface area contributed by atoms with Crippen LogP contribution < -0.4 is 4.52 Å². The minimum atomic E-state index is -1.64. The van der Waals surface area contributed by atoms with Crippen LogP contribution in [0.3, 0.4) is 0 Å². The van der Waals surface area contributed by atoms with Gasteiger partial charge in [0, 0.05) is 21.9 Å². The smallest absolute Gasteiger partial charge is 0.387 e. The number of benzene rings is 2. The molecule has 0 spiro atoms. The van der Waals surface area contributed by atoms with Crippen molar-refractivity contribution in [1.82, 2.24) is 0 Å². The molecule has 0 saturated heterocycles. The number of rotatable bonds is 7. The zero-order valence-corrected chi connectivity index (χ0v) is 29.0. The van der Waals surface area contributed by atoms with Crippen LogP contribution in [0, 0.1) is 0 Å². The first-order valence-corrected chi connectivity index (χ1v) is 16.6. The molecule has 1 aromatic heterocycles. The average molecular weight is 569 g/mol. The van der Waals surface area contributed by atoms with Gasteiger partial charge in [0.05, 0.1) is 6.10 Å². The summed E-state index contributed by atoms with van der Waals surface area (Å²) >= 11 is 0. The van der Waals surface area contributed by atoms with E-state index in [-0.39, 0.29) is 27.8 Å². The molecule has 0 aliphatic carbocycles. The fourth-order valence-electron chi connectivity index (χ4n) is 5.12. The van der Waals surface area contributed by atoms with E-state index >= 15 is 0 Å². The first kappa shape index (κ1) is 32.8. The lowest BCUT2D eigenvalue weighted by Gasteiger charge is -2.27. The maximum atomic E-state index is 6.92. The molecule has 2 aromatic carbocycles. The second-order valence-electron chi connectivity index (χ2n) is 15.8. The van der Waals surface area contributed by atoms with Crippen molar-refractivity contribution in [1.29, 1.82) is 0 Å². The minimum absolute atomic E-state index is 0.00926. The summed E-state index contributed by atoms with van der Waals surface area (Å²) in [6.07, 6.45) is 5.67. The van der Waals surface area contributed by atoms with E-state index < -0.39 is 8.24 Å². The maximum absolute atomic E-state index is 6.92. The van der Waals surface area contributed by atoms with E-state index in [4.69, 9.17) is 12.9 Å². The lowest BCUT2D eigenvalue weighted by atomic mass is 9.77. The Morgan fingerprint density at radius 2 is 1.05 bits per heavy atom. The normalized spacial score (nSPS) is 14.2. The van der Waals surface area contributed by atoms with Crippen molar-refractivity contribution < 1.29 is 12.9 Å². The molecule has 1 unspecified atom stereocenters. The van der Waals surface area contributed by atoms with Crippen molar-refractivity contribution in [2.24, 2.45) is 0 Å². The maximum Gasteiger partial charge on any atom is 0.387 e. The van der Waals surface area contributed by atoms with Gasteiger partial charge < -0.3 is 8.39 Å². The largest absolute Gasteiger partial charge is 0.399 e. The SMILES string of the molecule is CCCCCC(CC)Op1oc2c(C(C)(C)C)cc(C(C)(C)C)cc2c2cc(C(C)(C)C)cc(C(C)(C)C)c2o1. The van der Waals surface area contributed by atoms with E-state index in [1.807, 2.05) is 0 Å². The van der Waals surface area contributed by atoms with E-state index in [1.165, 1.54) is 35.1 Å². The van der Waals surface area contributed by atoms with E-state index in [0.29, 0.717) is 0 Å². The van der Waals surface area contributed by atoms with Crippen molar-refractivity contribution in [3.8, 4) is 0 Å². The van der Waals surface area contributed by atoms with Gasteiger partial charge in [-0.3, -0.25) is 4.52 Å². The third kappa shape index (κ3) is 7.57. The van der Waals surface area contributed by atoms with Crippen LogP contribution in [0.25, 0.3) is 21.9 Å². The molecule has 3 rings (SSSR count). The van der Waals surface area contributed by atoms with Crippen LogP contribution in [0.2, 0.25) is 0 Å². The monoisotopic (exact) mass is 568 g/mol. The summed E-state index contributed by atoms with van der Waals surface area (Å²) in [5.41, 5.74) is 6.62. The van der Waals surface area contributed by atoms with Gasteiger partial charge in [0.1, 0.15) is 11.2 Å². The molecule has 0 N–H and O–H groups in total. The average Bonchev–Trinajstić information content (AvgIpc) is 2.96. The zero-order valence-electron chi connectivity index (χ0n) is 28.1. The van der Waals surface area contributed by atoms with Crippen LogP contribution in [0.1, 0.15) is 151 Å². The van der Waals surface area contributed by atoms with Crippen molar-refractivity contribution >= 4 is 30.2 Å². The molecule has 0 saturated carbocycles. The summed E-state index contributed by atoms with van der Waals surface area (Å²) in [5.74, 6) is 0. The Morgan fingerprint density at radius 3 is 1.38 bits per heavy atom. The number of fused-ring (bicyclic) bond motifs is 3. The van der Waals surface area contributed by atoms with Crippen LogP contribution in [0.4, 0.5) is 0 Å². The minimum Gasteiger partial charge on any atom is -0.399 e. The van der Waals surface area contributed by atoms with Crippen molar-refractivity contribution in [2.75, 3.05) is 0 Å². The van der Waals surface area contributed by atoms with Gasteiger partial charge in [0.25, 0.3) is 0 Å². The molecular weight excluding hydrogens is 511 g/mol. The Labute approximate surface area is 246 Å². The fraction of sp³-hybridized carbons (Fsp3) is 0.667. The summed E-state index contributed by atoms with van der Waals surface area (Å²) in [4.78, 5) is 0. The molecule has 0 fully saturated rings. The predicted octanol–water partition coefficient (Wildman–Crippen LogP) is 12.3. The highest BCUT2D eigenvalue weighted by molar-refractivity contribution is 7.31. The summed E-state index contributed by atoms with van der Waals surface area (Å²) in [6.45, 7) is 31.9. The second-order valence-corrected chi connectivity index (χ2v) is 16.9. The van der Waals surface area contributed by atoms with E-state index in [2.05, 4.69) is 121 Å². The molecule has 3 aromatic rings. The molecule has 1 atom stereocenters. The van der Waals surface area contributed by atoms with Crippen LogP contribution >= 0.6 is 8.24 Å². The van der Waals surface area contributed by atoms with Crippen LogP contribution in [-0.4, -0.2) is 6.10 Å². The highest BCUT2D eigenvalue weighted by Crippen LogP contribution is 2.45. The molecule has 3 nitrogen and oxygen atoms in total. The van der Waals surface area contributed by atoms with Gasteiger partial charge in [-0.2, -0.15) is 0 Å². The highest BCUT2D eigenvalue weighted by Gasteiger charge is 2.29. The Kier molecular flexibility index (Phi) is 9.75. The number of unbranched alkanes of at least 4 members (excludes halogenated alkanes) is 2. The first-order chi connectivity index (χ1) is 18.3. The second kappa shape index (κ2) is 11.9. The number of hydrogen-bond acceptors (Lipinski definition) is 3. The van der Waals surface area contributed by atoms with Crippen molar-refractivity contribution in [2.45, 2.75) is 157 Å². The molecule has 0 aliphatic rings. The molecule has 0 radical (unpaired) electrons. The zero-order chi connectivity index (χ0) is 30.3. The first-order valence-electron chi connectivity index (χ1n) is 15.5. The van der Waals surface area contributed by atoms with Gasteiger partial charge in [-0.1, -0.05) is 128 Å². The van der Waals surface area contributed by atoms with Crippen LogP contribution in [-0.2, 0) is 21.7 Å². The molecule has 0 amide bonds. The fourth-order valence-corrected chi connectivity index (χ4v) is 6.43. The lowest BCUT2D eigenvalue weighted by Crippen LogP contribution is -2.17. The molecule has 224 valence electrons. The van der Waals surface area contributed by atoms with Crippen molar-refractivity contribution in [3.63, 3.8) is 0 Å². The van der Waals surface area contributed by atoms with Crippen molar-refractivity contribution in [3.05, 3.63) is 46.5 Å². The van der Waals surface area contributed by atoms with E-state index in [1.54, 1.807) is 0 Å². The van der Waals surface area contributed by atoms with Gasteiger partial charge in [0.15, 0.2) is 0 Å². The lowest BCUT2D eigenvalue weighted by molar-refractivity contribution is 0.233. The van der Waals surface area contributed by atoms with Crippen LogP contribution in [0.15, 0.2) is 32.7 Å². The summed E-state index contributed by atoms with van der Waals surface area (Å²) in [7, 11) is -1.64. The predicted molar refractivity (Wildman–Crippen MR) is 176 cm³/mol. The van der Waals surface area contributed by atoms with Gasteiger partial charge in [-0.05, 0) is 57.8 Å². The molecule has 40 heavy (non-hydrogen) atoms. The van der Waals surface area contributed by atoms with Gasteiger partial charge in [-0.25, -0.2) is 0 Å². The van der Waals surface area contributed by atoms with Gasteiger partial charge in [0.2, 0.25) is 0 Å². The molecule has 0 bridgehead atoms. The topological polar surface area (TPSA) is 35.5 Å². The third-order valence-corrected chi connectivity index (χ3v) is 9.10. The molecule has 0 aliphatic heterocycles. The Balaban J connectivity index is 2.59. The van der Waals surface area contributed by atoms with Gasteiger partial charge in [-0.15, -0.1) is 0 Å². The Bertz CT molecular complexity index is 1260. The van der Waals surface area contributed by atoms with Crippen LogP contribution in [0.5, 0.6) is 0 Å². The quantitative estimate of drug-likeness (QED) is 0.266. The molecule has 4 heteroatoms. The standard InChI is InChI=1S/C36H57O3P/c1-15-17-18-19-26(16-2)37-40-38-31-27(20-24(33(3,4)5)22-29(31)35(9,10)11)28-21-25(34(6,7)8)23-30(32(28)39-40)36(12,13)14/h20-23,26H,15-19H2,1-14H3. The summed E-state index contributed by atoms with van der Waals surface area (Å²) in [5, 5.41) is 2.24. The Morgan fingerprint density at radius 1 is 0.625 bits per heavy atom. The summed E-state index contributed by atoms with van der Waals surface area (Å²) in [6, 6.07) is 9.41. The third-order valence-electron chi connectivity index (χ3n) is 7.97. The molecule has 1 heterocycles.